The molecule has 6 N–H and O–H groups in total. The number of nitrogens with two attached hydrogens (primary N) is 1. The van der Waals surface area contributed by atoms with Crippen LogP contribution in [-0.2, 0) is 30.0 Å². The van der Waals surface area contributed by atoms with Gasteiger partial charge in [-0.05, 0) is 23.9 Å². The SMILES string of the molecule is C[C@H](NP(=O)(OC[C@H]1O[C@@H](n2cnc3c(=S)[nH]c(N)nc32)C(O)C1O)Oc1cccc2ccccc12)C(=O)OCc1ccccc1. The van der Waals surface area contributed by atoms with E-state index < -0.39 is 50.9 Å². The second-order valence-electron chi connectivity index (χ2n) is 10.6. The van der Waals surface area contributed by atoms with Gasteiger partial charge >= 0.3 is 13.7 Å². The number of anilines is 1. The summed E-state index contributed by atoms with van der Waals surface area (Å²) >= 11 is 5.26. The van der Waals surface area contributed by atoms with Crippen LogP contribution in [-0.4, -0.2) is 66.7 Å². The maximum absolute atomic E-state index is 14.3. The van der Waals surface area contributed by atoms with Crippen LogP contribution in [0.1, 0.15) is 18.7 Å². The van der Waals surface area contributed by atoms with Crippen LogP contribution in [0.5, 0.6) is 5.75 Å². The summed E-state index contributed by atoms with van der Waals surface area (Å²) in [6.07, 6.45) is -3.92. The summed E-state index contributed by atoms with van der Waals surface area (Å²) in [5, 5.41) is 25.9. The van der Waals surface area contributed by atoms with Crippen molar-refractivity contribution in [3.05, 3.63) is 89.3 Å². The van der Waals surface area contributed by atoms with Crippen LogP contribution in [0, 0.1) is 4.64 Å². The Bertz CT molecular complexity index is 1970. The number of rotatable bonds is 11. The standard InChI is InChI=1S/C30H31N6O8PS/c1-17(29(39)41-14-18-8-3-2-4-9-18)35-45(40,44-21-13-7-11-19-10-5-6-12-20(19)21)42-15-22-24(37)25(38)28(43-22)36-16-32-23-26(36)33-30(31)34-27(23)46/h2-13,16-17,22,24-25,28,37-38H,14-15H2,1H3,(H,35,40)(H3,31,33,34,46)/t17-,22+,24?,25?,28+,45?/m0/s1. The smallest absolute Gasteiger partial charge is 0.459 e. The summed E-state index contributed by atoms with van der Waals surface area (Å²) in [7, 11) is -4.37. The number of ether oxygens (including phenoxy) is 2. The first-order chi connectivity index (χ1) is 22.1. The van der Waals surface area contributed by atoms with Crippen LogP contribution in [0.15, 0.2) is 79.1 Å². The fourth-order valence-corrected chi connectivity index (χ4v) is 6.81. The molecule has 5 aromatic rings. The van der Waals surface area contributed by atoms with E-state index in [1.54, 1.807) is 24.3 Å². The van der Waals surface area contributed by atoms with Gasteiger partial charge in [-0.2, -0.15) is 10.1 Å². The van der Waals surface area contributed by atoms with Crippen molar-refractivity contribution in [3.8, 4) is 5.75 Å². The van der Waals surface area contributed by atoms with Crippen molar-refractivity contribution in [2.24, 2.45) is 0 Å². The Balaban J connectivity index is 1.22. The molecule has 3 unspecified atom stereocenters. The third-order valence-corrected chi connectivity index (χ3v) is 9.29. The van der Waals surface area contributed by atoms with Gasteiger partial charge in [-0.15, -0.1) is 0 Å². The summed E-state index contributed by atoms with van der Waals surface area (Å²) in [6, 6.07) is 20.5. The third-order valence-electron chi connectivity index (χ3n) is 7.37. The van der Waals surface area contributed by atoms with Crippen molar-refractivity contribution in [2.75, 3.05) is 12.3 Å². The fourth-order valence-electron chi connectivity index (χ4n) is 5.04. The number of fused-ring (bicyclic) bond motifs is 2. The molecule has 0 radical (unpaired) electrons. The highest BCUT2D eigenvalue weighted by Crippen LogP contribution is 2.47. The second kappa shape index (κ2) is 13.3. The van der Waals surface area contributed by atoms with E-state index in [2.05, 4.69) is 20.0 Å². The van der Waals surface area contributed by atoms with Crippen molar-refractivity contribution in [3.63, 3.8) is 0 Å². The highest BCUT2D eigenvalue weighted by atomic mass is 32.1. The van der Waals surface area contributed by atoms with Gasteiger partial charge in [0.25, 0.3) is 0 Å². The zero-order chi connectivity index (χ0) is 32.4. The number of imidazole rings is 1. The van der Waals surface area contributed by atoms with Gasteiger partial charge in [0, 0.05) is 5.39 Å². The normalized spacial score (nSPS) is 21.6. The van der Waals surface area contributed by atoms with Crippen molar-refractivity contribution in [1.82, 2.24) is 24.6 Å². The van der Waals surface area contributed by atoms with E-state index in [0.29, 0.717) is 10.9 Å². The Hall–Kier alpha value is -4.21. The predicted octanol–water partition coefficient (Wildman–Crippen LogP) is 3.77. The molecular formula is C30H31N6O8PS. The second-order valence-corrected chi connectivity index (χ2v) is 12.7. The quantitative estimate of drug-likeness (QED) is 0.0777. The Morgan fingerprint density at radius 1 is 1.13 bits per heavy atom. The number of aromatic nitrogens is 4. The molecule has 0 spiro atoms. The van der Waals surface area contributed by atoms with Gasteiger partial charge in [0.15, 0.2) is 11.9 Å². The Kier molecular flexibility index (Phi) is 9.15. The van der Waals surface area contributed by atoms with Crippen LogP contribution in [0.25, 0.3) is 21.9 Å². The number of carbonyl (C=O) groups is 1. The molecule has 6 rings (SSSR count). The first-order valence-corrected chi connectivity index (χ1v) is 16.2. The minimum atomic E-state index is -4.37. The van der Waals surface area contributed by atoms with Crippen LogP contribution in [0.2, 0.25) is 0 Å². The summed E-state index contributed by atoms with van der Waals surface area (Å²) < 4.78 is 39.0. The monoisotopic (exact) mass is 666 g/mol. The minimum Gasteiger partial charge on any atom is -0.460 e. The number of aliphatic hydroxyl groups excluding tert-OH is 2. The van der Waals surface area contributed by atoms with Crippen molar-refractivity contribution >= 4 is 53.8 Å². The van der Waals surface area contributed by atoms with E-state index in [1.807, 2.05) is 48.5 Å². The molecule has 0 amide bonds. The summed E-state index contributed by atoms with van der Waals surface area (Å²) in [5.74, 6) is -0.435. The zero-order valence-electron chi connectivity index (χ0n) is 24.4. The van der Waals surface area contributed by atoms with Crippen LogP contribution >= 0.6 is 20.0 Å². The number of hydrogen-bond donors (Lipinski definition) is 5. The first-order valence-electron chi connectivity index (χ1n) is 14.3. The van der Waals surface area contributed by atoms with Crippen LogP contribution < -0.4 is 15.3 Å². The number of aliphatic hydroxyl groups is 2. The zero-order valence-corrected chi connectivity index (χ0v) is 26.1. The molecule has 46 heavy (non-hydrogen) atoms. The summed E-state index contributed by atoms with van der Waals surface area (Å²) in [4.78, 5) is 24.0. The number of aromatic amines is 1. The molecule has 0 bridgehead atoms. The molecule has 0 saturated carbocycles. The number of benzene rings is 3. The van der Waals surface area contributed by atoms with E-state index in [0.717, 1.165) is 10.9 Å². The predicted molar refractivity (Wildman–Crippen MR) is 170 cm³/mol. The number of esters is 1. The highest BCUT2D eigenvalue weighted by Gasteiger charge is 2.46. The minimum absolute atomic E-state index is 0.0108. The van der Waals surface area contributed by atoms with Crippen molar-refractivity contribution in [2.45, 2.75) is 44.1 Å². The lowest BCUT2D eigenvalue weighted by atomic mass is 10.1. The van der Waals surface area contributed by atoms with E-state index in [-0.39, 0.29) is 28.6 Å². The molecular weight excluding hydrogens is 635 g/mol. The number of hydrogen-bond acceptors (Lipinski definition) is 12. The lowest BCUT2D eigenvalue weighted by molar-refractivity contribution is -0.146. The third kappa shape index (κ3) is 6.66. The Labute approximate surface area is 267 Å². The summed E-state index contributed by atoms with van der Waals surface area (Å²) in [6.45, 7) is 0.971. The lowest BCUT2D eigenvalue weighted by Gasteiger charge is -2.25. The Morgan fingerprint density at radius 2 is 1.87 bits per heavy atom. The average molecular weight is 667 g/mol. The molecule has 240 valence electrons. The van der Waals surface area contributed by atoms with Gasteiger partial charge in [-0.25, -0.2) is 9.55 Å². The van der Waals surface area contributed by atoms with E-state index in [4.69, 9.17) is 36.5 Å². The van der Waals surface area contributed by atoms with Gasteiger partial charge in [-0.1, -0.05) is 78.9 Å². The van der Waals surface area contributed by atoms with Crippen molar-refractivity contribution in [1.29, 1.82) is 0 Å². The molecule has 1 aliphatic rings. The topological polar surface area (TPSA) is 196 Å². The lowest BCUT2D eigenvalue weighted by Crippen LogP contribution is -2.37. The number of carbonyl (C=O) groups excluding carboxylic acids is 1. The molecule has 2 aromatic heterocycles. The Morgan fingerprint density at radius 3 is 2.67 bits per heavy atom. The van der Waals surface area contributed by atoms with Gasteiger partial charge in [0.2, 0.25) is 5.95 Å². The number of H-pyrrole nitrogens is 1. The molecule has 0 aliphatic carbocycles. The van der Waals surface area contributed by atoms with E-state index in [9.17, 15) is 19.6 Å². The van der Waals surface area contributed by atoms with E-state index in [1.165, 1.54) is 17.8 Å². The molecule has 1 aliphatic heterocycles. The van der Waals surface area contributed by atoms with Gasteiger partial charge in [0.05, 0.1) is 12.9 Å². The van der Waals surface area contributed by atoms with Gasteiger partial charge in [-0.3, -0.25) is 13.9 Å². The molecule has 6 atom stereocenters. The maximum Gasteiger partial charge on any atom is 0.459 e. The maximum atomic E-state index is 14.3. The van der Waals surface area contributed by atoms with Crippen molar-refractivity contribution < 1.29 is 38.1 Å². The van der Waals surface area contributed by atoms with Gasteiger partial charge in [0.1, 0.15) is 46.9 Å². The highest BCUT2D eigenvalue weighted by molar-refractivity contribution is 7.71. The fraction of sp³-hybridized carbons (Fsp3) is 0.267. The number of nitrogens with one attached hydrogen (secondary N) is 2. The van der Waals surface area contributed by atoms with E-state index >= 15 is 0 Å². The first kappa shape index (κ1) is 31.8. The molecule has 14 nitrogen and oxygen atoms in total. The average Bonchev–Trinajstić information content (AvgIpc) is 3.59. The van der Waals surface area contributed by atoms with Crippen LogP contribution in [0.4, 0.5) is 5.95 Å². The number of nitrogens with zero attached hydrogens (tertiary/aromatic N) is 3. The summed E-state index contributed by atoms with van der Waals surface area (Å²) in [5.41, 5.74) is 7.14. The largest absolute Gasteiger partial charge is 0.460 e. The number of nitrogen functional groups attached to an aromatic ring is 1. The van der Waals surface area contributed by atoms with Crippen LogP contribution in [0.3, 0.4) is 0 Å². The molecule has 3 heterocycles. The molecule has 16 heteroatoms. The molecule has 3 aromatic carbocycles. The van der Waals surface area contributed by atoms with Gasteiger partial charge < -0.3 is 34.9 Å². The molecule has 1 fully saturated rings. The molecule has 1 saturated heterocycles.